The fourth-order valence-corrected chi connectivity index (χ4v) is 4.19. The van der Waals surface area contributed by atoms with Crippen LogP contribution in [0.4, 0.5) is 0 Å². The highest BCUT2D eigenvalue weighted by molar-refractivity contribution is 7.99. The number of carbonyl (C=O) groups is 1. The molecule has 122 valence electrons. The van der Waals surface area contributed by atoms with E-state index in [-0.39, 0.29) is 5.92 Å². The van der Waals surface area contributed by atoms with Crippen LogP contribution in [-0.2, 0) is 4.79 Å². The molecule has 0 spiro atoms. The lowest BCUT2D eigenvalue weighted by Gasteiger charge is -2.34. The maximum absolute atomic E-state index is 13.2. The molecule has 0 radical (unpaired) electrons. The first-order chi connectivity index (χ1) is 10.6. The van der Waals surface area contributed by atoms with Crippen molar-refractivity contribution >= 4 is 17.7 Å². The first kappa shape index (κ1) is 17.4. The summed E-state index contributed by atoms with van der Waals surface area (Å²) in [5.41, 5.74) is 1.15. The molecular weight excluding hydrogens is 292 g/mol. The summed E-state index contributed by atoms with van der Waals surface area (Å²) in [5, 5.41) is 0. The van der Waals surface area contributed by atoms with Gasteiger partial charge in [-0.25, -0.2) is 0 Å². The Hall–Kier alpha value is -1.00. The Labute approximate surface area is 139 Å². The second-order valence-corrected chi connectivity index (χ2v) is 7.40. The number of amides is 1. The molecule has 2 rings (SSSR count). The fraction of sp³-hybridized carbons (Fsp3) is 0.611. The van der Waals surface area contributed by atoms with E-state index in [1.165, 1.54) is 0 Å². The molecule has 22 heavy (non-hydrogen) atoms. The van der Waals surface area contributed by atoms with Gasteiger partial charge in [-0.1, -0.05) is 37.3 Å². The van der Waals surface area contributed by atoms with Gasteiger partial charge in [0.25, 0.3) is 0 Å². The SMILES string of the molecule is CCC(C(=O)N1CCCSCC1CN(C)C)c1ccccc1. The highest BCUT2D eigenvalue weighted by atomic mass is 32.2. The van der Waals surface area contributed by atoms with Crippen LogP contribution in [0, 0.1) is 0 Å². The fourth-order valence-electron chi connectivity index (χ4n) is 3.13. The van der Waals surface area contributed by atoms with Gasteiger partial charge in [0.05, 0.1) is 12.0 Å². The molecule has 0 saturated carbocycles. The second kappa shape index (κ2) is 8.59. The molecule has 0 bridgehead atoms. The van der Waals surface area contributed by atoms with Crippen LogP contribution >= 0.6 is 11.8 Å². The number of hydrogen-bond donors (Lipinski definition) is 0. The number of rotatable bonds is 5. The van der Waals surface area contributed by atoms with E-state index in [2.05, 4.69) is 43.0 Å². The van der Waals surface area contributed by atoms with Gasteiger partial charge < -0.3 is 9.80 Å². The molecule has 1 fully saturated rings. The average molecular weight is 321 g/mol. The van der Waals surface area contributed by atoms with Crippen molar-refractivity contribution in [3.05, 3.63) is 35.9 Å². The van der Waals surface area contributed by atoms with Crippen LogP contribution in [0.25, 0.3) is 0 Å². The second-order valence-electron chi connectivity index (χ2n) is 6.25. The van der Waals surface area contributed by atoms with Gasteiger partial charge in [0, 0.05) is 18.8 Å². The molecule has 1 amide bonds. The quantitative estimate of drug-likeness (QED) is 0.833. The number of likely N-dealkylation sites (N-methyl/N-ethyl adjacent to an activating group) is 1. The number of thioether (sulfide) groups is 1. The standard InChI is InChI=1S/C18H28N2OS/c1-4-17(15-9-6-5-7-10-15)18(21)20-11-8-12-22-14-16(20)13-19(2)3/h5-7,9-10,16-17H,4,8,11-14H2,1-3H3. The van der Waals surface area contributed by atoms with Crippen LogP contribution < -0.4 is 0 Å². The van der Waals surface area contributed by atoms with E-state index in [0.717, 1.165) is 43.0 Å². The Kier molecular flexibility index (Phi) is 6.77. The number of hydrogen-bond acceptors (Lipinski definition) is 3. The molecule has 1 aromatic carbocycles. The average Bonchev–Trinajstić information content (AvgIpc) is 2.74. The van der Waals surface area contributed by atoms with Crippen molar-refractivity contribution < 1.29 is 4.79 Å². The molecule has 1 aliphatic rings. The Morgan fingerprint density at radius 2 is 2.09 bits per heavy atom. The Morgan fingerprint density at radius 1 is 1.36 bits per heavy atom. The zero-order chi connectivity index (χ0) is 15.9. The predicted octanol–water partition coefficient (Wildman–Crippen LogP) is 3.08. The van der Waals surface area contributed by atoms with E-state index < -0.39 is 0 Å². The van der Waals surface area contributed by atoms with Crippen LogP contribution in [0.3, 0.4) is 0 Å². The highest BCUT2D eigenvalue weighted by Crippen LogP contribution is 2.26. The molecule has 2 atom stereocenters. The summed E-state index contributed by atoms with van der Waals surface area (Å²) in [5.74, 6) is 2.52. The van der Waals surface area contributed by atoms with Crippen molar-refractivity contribution in [2.24, 2.45) is 0 Å². The van der Waals surface area contributed by atoms with Crippen LogP contribution in [0.2, 0.25) is 0 Å². The Balaban J connectivity index is 2.18. The molecule has 3 nitrogen and oxygen atoms in total. The first-order valence-electron chi connectivity index (χ1n) is 8.21. The van der Waals surface area contributed by atoms with Gasteiger partial charge in [0.1, 0.15) is 0 Å². The van der Waals surface area contributed by atoms with Gasteiger partial charge in [0.2, 0.25) is 5.91 Å². The summed E-state index contributed by atoms with van der Waals surface area (Å²) in [6, 6.07) is 10.6. The van der Waals surface area contributed by atoms with E-state index in [0.29, 0.717) is 11.9 Å². The van der Waals surface area contributed by atoms with Crippen LogP contribution in [0.5, 0.6) is 0 Å². The number of nitrogens with zero attached hydrogens (tertiary/aromatic N) is 2. The van der Waals surface area contributed by atoms with Crippen LogP contribution in [0.15, 0.2) is 30.3 Å². The predicted molar refractivity (Wildman–Crippen MR) is 95.5 cm³/mol. The molecule has 0 aromatic heterocycles. The van der Waals surface area contributed by atoms with Crippen molar-refractivity contribution in [1.29, 1.82) is 0 Å². The van der Waals surface area contributed by atoms with Crippen molar-refractivity contribution in [2.75, 3.05) is 38.7 Å². The van der Waals surface area contributed by atoms with Gasteiger partial charge in [0.15, 0.2) is 0 Å². The lowest BCUT2D eigenvalue weighted by Crippen LogP contribution is -2.48. The van der Waals surface area contributed by atoms with Crippen molar-refractivity contribution in [3.63, 3.8) is 0 Å². The molecular formula is C18H28N2OS. The topological polar surface area (TPSA) is 23.6 Å². The first-order valence-corrected chi connectivity index (χ1v) is 9.36. The molecule has 1 aliphatic heterocycles. The summed E-state index contributed by atoms with van der Waals surface area (Å²) < 4.78 is 0. The number of benzene rings is 1. The lowest BCUT2D eigenvalue weighted by atomic mass is 9.94. The zero-order valence-corrected chi connectivity index (χ0v) is 14.8. The molecule has 2 unspecified atom stereocenters. The summed E-state index contributed by atoms with van der Waals surface area (Å²) in [6.45, 7) is 3.96. The van der Waals surface area contributed by atoms with E-state index in [9.17, 15) is 4.79 Å². The van der Waals surface area contributed by atoms with Gasteiger partial charge in [-0.05, 0) is 38.3 Å². The third-order valence-electron chi connectivity index (χ3n) is 4.21. The third-order valence-corrected chi connectivity index (χ3v) is 5.40. The monoisotopic (exact) mass is 320 g/mol. The van der Waals surface area contributed by atoms with E-state index >= 15 is 0 Å². The molecule has 0 N–H and O–H groups in total. The van der Waals surface area contributed by atoms with Gasteiger partial charge in [-0.3, -0.25) is 4.79 Å². The maximum Gasteiger partial charge on any atom is 0.230 e. The largest absolute Gasteiger partial charge is 0.337 e. The molecule has 0 aliphatic carbocycles. The van der Waals surface area contributed by atoms with Crippen molar-refractivity contribution in [3.8, 4) is 0 Å². The highest BCUT2D eigenvalue weighted by Gasteiger charge is 2.30. The summed E-state index contributed by atoms with van der Waals surface area (Å²) in [7, 11) is 4.18. The molecule has 1 heterocycles. The normalized spacial score (nSPS) is 20.7. The lowest BCUT2D eigenvalue weighted by molar-refractivity contribution is -0.135. The van der Waals surface area contributed by atoms with E-state index in [1.807, 2.05) is 30.0 Å². The van der Waals surface area contributed by atoms with Gasteiger partial charge in [-0.2, -0.15) is 11.8 Å². The number of carbonyl (C=O) groups excluding carboxylic acids is 1. The third kappa shape index (κ3) is 4.50. The summed E-state index contributed by atoms with van der Waals surface area (Å²) in [6.07, 6.45) is 1.97. The van der Waals surface area contributed by atoms with Gasteiger partial charge >= 0.3 is 0 Å². The molecule has 1 aromatic rings. The van der Waals surface area contributed by atoms with E-state index in [4.69, 9.17) is 0 Å². The summed E-state index contributed by atoms with van der Waals surface area (Å²) >= 11 is 1.98. The van der Waals surface area contributed by atoms with Crippen LogP contribution in [0.1, 0.15) is 31.2 Å². The van der Waals surface area contributed by atoms with Crippen LogP contribution in [-0.4, -0.2) is 60.4 Å². The minimum absolute atomic E-state index is 0.00559. The molecule has 1 saturated heterocycles. The smallest absolute Gasteiger partial charge is 0.230 e. The van der Waals surface area contributed by atoms with Crippen molar-refractivity contribution in [1.82, 2.24) is 9.80 Å². The van der Waals surface area contributed by atoms with E-state index in [1.54, 1.807) is 0 Å². The summed E-state index contributed by atoms with van der Waals surface area (Å²) in [4.78, 5) is 17.5. The Morgan fingerprint density at radius 3 is 2.73 bits per heavy atom. The minimum atomic E-state index is -0.00559. The molecule has 4 heteroatoms. The zero-order valence-electron chi connectivity index (χ0n) is 14.0. The maximum atomic E-state index is 13.2. The van der Waals surface area contributed by atoms with Crippen molar-refractivity contribution in [2.45, 2.75) is 31.7 Å². The minimum Gasteiger partial charge on any atom is -0.337 e. The van der Waals surface area contributed by atoms with Gasteiger partial charge in [-0.15, -0.1) is 0 Å². The Bertz CT molecular complexity index is 463.